The highest BCUT2D eigenvalue weighted by atomic mass is 35.5. The highest BCUT2D eigenvalue weighted by Crippen LogP contribution is 2.25. The number of pyridine rings is 1. The third-order valence-corrected chi connectivity index (χ3v) is 5.45. The highest BCUT2D eigenvalue weighted by Gasteiger charge is 2.21. The standard InChI is InChI=1S/C21H20ClN7/c22-17-6-4-16(5-7-17)14-27-9-11-28(12-10-27)20-18-13-26-29(21(18)25-15-24-20)19-3-1-2-8-23-19/h1-8,13,15H,9-12,14H2. The molecule has 5 rings (SSSR count). The van der Waals surface area contributed by atoms with Gasteiger partial charge in [-0.15, -0.1) is 0 Å². The van der Waals surface area contributed by atoms with E-state index in [4.69, 9.17) is 11.6 Å². The Bertz CT molecular complexity index is 1100. The zero-order valence-electron chi connectivity index (χ0n) is 15.8. The number of anilines is 1. The van der Waals surface area contributed by atoms with Crippen LogP contribution in [0.15, 0.2) is 61.2 Å². The van der Waals surface area contributed by atoms with Crippen LogP contribution in [0.5, 0.6) is 0 Å². The van der Waals surface area contributed by atoms with E-state index >= 15 is 0 Å². The maximum atomic E-state index is 5.99. The molecule has 1 saturated heterocycles. The van der Waals surface area contributed by atoms with Crippen molar-refractivity contribution in [3.8, 4) is 5.82 Å². The van der Waals surface area contributed by atoms with Crippen LogP contribution in [0, 0.1) is 0 Å². The lowest BCUT2D eigenvalue weighted by Gasteiger charge is -2.35. The second-order valence-electron chi connectivity index (χ2n) is 7.07. The van der Waals surface area contributed by atoms with Gasteiger partial charge in [0.25, 0.3) is 0 Å². The molecular weight excluding hydrogens is 386 g/mol. The van der Waals surface area contributed by atoms with E-state index in [1.165, 1.54) is 5.56 Å². The first kappa shape index (κ1) is 18.0. The van der Waals surface area contributed by atoms with Crippen molar-refractivity contribution in [2.45, 2.75) is 6.54 Å². The Morgan fingerprint density at radius 2 is 1.72 bits per heavy atom. The molecule has 1 aromatic carbocycles. The monoisotopic (exact) mass is 405 g/mol. The van der Waals surface area contributed by atoms with Crippen LogP contribution in [-0.2, 0) is 6.54 Å². The Morgan fingerprint density at radius 1 is 0.897 bits per heavy atom. The Hall–Kier alpha value is -3.03. The predicted octanol–water partition coefficient (Wildman–Crippen LogP) is 3.19. The molecule has 29 heavy (non-hydrogen) atoms. The first-order valence-corrected chi connectivity index (χ1v) is 9.97. The lowest BCUT2D eigenvalue weighted by molar-refractivity contribution is 0.249. The summed E-state index contributed by atoms with van der Waals surface area (Å²) in [6.07, 6.45) is 5.20. The summed E-state index contributed by atoms with van der Waals surface area (Å²) in [6.45, 7) is 4.70. The Labute approximate surface area is 173 Å². The van der Waals surface area contributed by atoms with E-state index < -0.39 is 0 Å². The van der Waals surface area contributed by atoms with Gasteiger partial charge in [0, 0.05) is 43.9 Å². The predicted molar refractivity (Wildman–Crippen MR) is 113 cm³/mol. The number of fused-ring (bicyclic) bond motifs is 1. The molecule has 0 atom stereocenters. The van der Waals surface area contributed by atoms with E-state index in [1.807, 2.05) is 36.5 Å². The van der Waals surface area contributed by atoms with Crippen molar-refractivity contribution in [1.29, 1.82) is 0 Å². The average molecular weight is 406 g/mol. The van der Waals surface area contributed by atoms with Gasteiger partial charge in [0.2, 0.25) is 0 Å². The summed E-state index contributed by atoms with van der Waals surface area (Å²) in [5.74, 6) is 1.68. The minimum absolute atomic E-state index is 0.750. The van der Waals surface area contributed by atoms with Gasteiger partial charge in [0.05, 0.1) is 11.6 Å². The van der Waals surface area contributed by atoms with E-state index in [-0.39, 0.29) is 0 Å². The highest BCUT2D eigenvalue weighted by molar-refractivity contribution is 6.30. The second-order valence-corrected chi connectivity index (χ2v) is 7.50. The molecule has 3 aromatic heterocycles. The van der Waals surface area contributed by atoms with Gasteiger partial charge in [0.1, 0.15) is 12.1 Å². The SMILES string of the molecule is Clc1ccc(CN2CCN(c3ncnc4c3cnn4-c3ccccn3)CC2)cc1. The lowest BCUT2D eigenvalue weighted by atomic mass is 10.2. The summed E-state index contributed by atoms with van der Waals surface area (Å²) < 4.78 is 1.76. The summed E-state index contributed by atoms with van der Waals surface area (Å²) in [7, 11) is 0. The fourth-order valence-corrected chi connectivity index (χ4v) is 3.82. The number of benzene rings is 1. The fourth-order valence-electron chi connectivity index (χ4n) is 3.70. The van der Waals surface area contributed by atoms with E-state index in [2.05, 4.69) is 42.0 Å². The Morgan fingerprint density at radius 3 is 2.48 bits per heavy atom. The van der Waals surface area contributed by atoms with Crippen LogP contribution in [0.2, 0.25) is 5.02 Å². The number of nitrogens with zero attached hydrogens (tertiary/aromatic N) is 7. The first-order valence-electron chi connectivity index (χ1n) is 9.60. The molecule has 0 aliphatic carbocycles. The van der Waals surface area contributed by atoms with E-state index in [0.29, 0.717) is 0 Å². The van der Waals surface area contributed by atoms with Crippen molar-refractivity contribution in [1.82, 2.24) is 29.6 Å². The van der Waals surface area contributed by atoms with Crippen LogP contribution in [0.3, 0.4) is 0 Å². The van der Waals surface area contributed by atoms with E-state index in [9.17, 15) is 0 Å². The van der Waals surface area contributed by atoms with Crippen molar-refractivity contribution in [3.63, 3.8) is 0 Å². The molecule has 0 N–H and O–H groups in total. The van der Waals surface area contributed by atoms with Gasteiger partial charge in [-0.1, -0.05) is 29.8 Å². The number of piperazine rings is 1. The zero-order chi connectivity index (χ0) is 19.6. The van der Waals surface area contributed by atoms with Crippen LogP contribution in [0.1, 0.15) is 5.56 Å². The van der Waals surface area contributed by atoms with Crippen molar-refractivity contribution in [2.75, 3.05) is 31.1 Å². The maximum absolute atomic E-state index is 5.99. The molecule has 0 amide bonds. The van der Waals surface area contributed by atoms with Crippen LogP contribution in [0.4, 0.5) is 5.82 Å². The second kappa shape index (κ2) is 7.77. The van der Waals surface area contributed by atoms with Crippen LogP contribution >= 0.6 is 11.6 Å². The maximum Gasteiger partial charge on any atom is 0.170 e. The molecular formula is C21H20ClN7. The first-order chi connectivity index (χ1) is 14.3. The minimum Gasteiger partial charge on any atom is -0.353 e. The smallest absolute Gasteiger partial charge is 0.170 e. The van der Waals surface area contributed by atoms with E-state index in [1.54, 1.807) is 17.2 Å². The quantitative estimate of drug-likeness (QED) is 0.519. The summed E-state index contributed by atoms with van der Waals surface area (Å²) in [6, 6.07) is 13.8. The Balaban J connectivity index is 1.33. The largest absolute Gasteiger partial charge is 0.353 e. The number of hydrogen-bond donors (Lipinski definition) is 0. The number of halogens is 1. The topological polar surface area (TPSA) is 63.0 Å². The van der Waals surface area contributed by atoms with Gasteiger partial charge in [-0.05, 0) is 29.8 Å². The van der Waals surface area contributed by atoms with Gasteiger partial charge < -0.3 is 4.90 Å². The molecule has 0 unspecified atom stereocenters. The van der Waals surface area contributed by atoms with Crippen molar-refractivity contribution < 1.29 is 0 Å². The van der Waals surface area contributed by atoms with Crippen LogP contribution in [-0.4, -0.2) is 55.8 Å². The van der Waals surface area contributed by atoms with E-state index in [0.717, 1.165) is 60.4 Å². The molecule has 4 aromatic rings. The Kier molecular flexibility index (Phi) is 4.83. The zero-order valence-corrected chi connectivity index (χ0v) is 16.6. The molecule has 8 heteroatoms. The third-order valence-electron chi connectivity index (χ3n) is 5.20. The lowest BCUT2D eigenvalue weighted by Crippen LogP contribution is -2.46. The van der Waals surface area contributed by atoms with Gasteiger partial charge in [-0.25, -0.2) is 15.0 Å². The van der Waals surface area contributed by atoms with Crippen LogP contribution in [0.25, 0.3) is 16.9 Å². The van der Waals surface area contributed by atoms with Crippen molar-refractivity contribution in [2.24, 2.45) is 0 Å². The molecule has 1 aliphatic heterocycles. The molecule has 0 saturated carbocycles. The number of rotatable bonds is 4. The molecule has 0 radical (unpaired) electrons. The van der Waals surface area contributed by atoms with Crippen molar-refractivity contribution in [3.05, 3.63) is 71.8 Å². The molecule has 0 bridgehead atoms. The van der Waals surface area contributed by atoms with Crippen molar-refractivity contribution >= 4 is 28.5 Å². The molecule has 0 spiro atoms. The minimum atomic E-state index is 0.750. The molecule has 4 heterocycles. The third kappa shape index (κ3) is 3.66. The molecule has 1 fully saturated rings. The van der Waals surface area contributed by atoms with Gasteiger partial charge in [0.15, 0.2) is 11.5 Å². The van der Waals surface area contributed by atoms with Gasteiger partial charge in [-0.3, -0.25) is 4.90 Å². The van der Waals surface area contributed by atoms with Crippen LogP contribution < -0.4 is 4.90 Å². The fraction of sp³-hybridized carbons (Fsp3) is 0.238. The molecule has 146 valence electrons. The summed E-state index contributed by atoms with van der Waals surface area (Å²) >= 11 is 5.99. The molecule has 1 aliphatic rings. The van der Waals surface area contributed by atoms with Gasteiger partial charge >= 0.3 is 0 Å². The normalized spacial score (nSPS) is 15.1. The molecule has 7 nitrogen and oxygen atoms in total. The average Bonchev–Trinajstić information content (AvgIpc) is 3.21. The van der Waals surface area contributed by atoms with Gasteiger partial charge in [-0.2, -0.15) is 9.78 Å². The number of aromatic nitrogens is 5. The summed E-state index contributed by atoms with van der Waals surface area (Å²) in [4.78, 5) is 18.2. The number of hydrogen-bond acceptors (Lipinski definition) is 6. The summed E-state index contributed by atoms with van der Waals surface area (Å²) in [5.41, 5.74) is 2.06. The summed E-state index contributed by atoms with van der Waals surface area (Å²) in [5, 5.41) is 6.23.